The number of thiazole rings is 1. The summed E-state index contributed by atoms with van der Waals surface area (Å²) in [6, 6.07) is 1.48. The summed E-state index contributed by atoms with van der Waals surface area (Å²) in [5.41, 5.74) is 1.08. The quantitative estimate of drug-likeness (QED) is 0.793. The van der Waals surface area contributed by atoms with E-state index in [1.807, 2.05) is 16.8 Å². The van der Waals surface area contributed by atoms with Gasteiger partial charge in [0.25, 0.3) is 5.91 Å². The Morgan fingerprint density at radius 3 is 2.79 bits per heavy atom. The Bertz CT molecular complexity index is 753. The Morgan fingerprint density at radius 2 is 2.12 bits per heavy atom. The third-order valence-corrected chi connectivity index (χ3v) is 4.86. The van der Waals surface area contributed by atoms with Crippen LogP contribution >= 0.6 is 22.7 Å². The van der Waals surface area contributed by atoms with Crippen LogP contribution in [0.15, 0.2) is 22.2 Å². The van der Waals surface area contributed by atoms with Gasteiger partial charge in [-0.15, -0.1) is 11.3 Å². The lowest BCUT2D eigenvalue weighted by atomic mass is 10.3. The highest BCUT2D eigenvalue weighted by atomic mass is 32.1. The summed E-state index contributed by atoms with van der Waals surface area (Å²) in [6.45, 7) is 1.41. The maximum absolute atomic E-state index is 12.1. The first-order chi connectivity index (χ1) is 11.5. The van der Waals surface area contributed by atoms with E-state index < -0.39 is 24.0 Å². The lowest BCUT2D eigenvalue weighted by Crippen LogP contribution is -2.45. The maximum atomic E-state index is 12.1. The first-order valence-electron chi connectivity index (χ1n) is 7.33. The number of aromatic nitrogens is 1. The van der Waals surface area contributed by atoms with Crippen molar-refractivity contribution >= 4 is 40.6 Å². The first kappa shape index (κ1) is 16.6. The number of imide groups is 1. The number of ether oxygens (including phenoxy) is 1. The van der Waals surface area contributed by atoms with Crippen LogP contribution in [0.2, 0.25) is 0 Å². The Kier molecular flexibility index (Phi) is 4.91. The first-order valence-corrected chi connectivity index (χ1v) is 9.15. The average Bonchev–Trinajstić information content (AvgIpc) is 3.05. The van der Waals surface area contributed by atoms with E-state index in [1.165, 1.54) is 18.3 Å². The molecule has 2 aromatic rings. The van der Waals surface area contributed by atoms with Crippen LogP contribution in [0.4, 0.5) is 4.79 Å². The second-order valence-electron chi connectivity index (χ2n) is 5.33. The van der Waals surface area contributed by atoms with E-state index in [2.05, 4.69) is 15.6 Å². The van der Waals surface area contributed by atoms with E-state index >= 15 is 0 Å². The van der Waals surface area contributed by atoms with Crippen molar-refractivity contribution in [2.24, 2.45) is 0 Å². The highest BCUT2D eigenvalue weighted by Crippen LogP contribution is 2.26. The van der Waals surface area contributed by atoms with Gasteiger partial charge in [0.2, 0.25) is 0 Å². The third-order valence-electron chi connectivity index (χ3n) is 3.28. The Hall–Kier alpha value is -2.26. The van der Waals surface area contributed by atoms with Gasteiger partial charge >= 0.3 is 12.0 Å². The summed E-state index contributed by atoms with van der Waals surface area (Å²) in [6.07, 6.45) is 0.749. The van der Waals surface area contributed by atoms with Gasteiger partial charge in [0.05, 0.1) is 0 Å². The number of esters is 1. The molecule has 2 heterocycles. The zero-order valence-corrected chi connectivity index (χ0v) is 14.4. The number of nitrogens with zero attached hydrogens (tertiary/aromatic N) is 1. The minimum Gasteiger partial charge on any atom is -0.448 e. The molecule has 24 heavy (non-hydrogen) atoms. The van der Waals surface area contributed by atoms with Crippen LogP contribution in [-0.2, 0) is 9.53 Å². The topological polar surface area (TPSA) is 97.4 Å². The second kappa shape index (κ2) is 7.10. The van der Waals surface area contributed by atoms with Gasteiger partial charge in [-0.3, -0.25) is 10.1 Å². The largest absolute Gasteiger partial charge is 0.448 e. The van der Waals surface area contributed by atoms with E-state index in [0.29, 0.717) is 5.01 Å². The number of hydrogen-bond acceptors (Lipinski definition) is 7. The highest BCUT2D eigenvalue weighted by molar-refractivity contribution is 7.14. The molecule has 0 saturated heterocycles. The molecular formula is C15H15N3O4S2. The predicted molar refractivity (Wildman–Crippen MR) is 90.0 cm³/mol. The number of thiophene rings is 1. The van der Waals surface area contributed by atoms with Crippen molar-refractivity contribution in [1.29, 1.82) is 0 Å². The van der Waals surface area contributed by atoms with Crippen molar-refractivity contribution in [3.63, 3.8) is 0 Å². The summed E-state index contributed by atoms with van der Waals surface area (Å²) >= 11 is 2.87. The van der Waals surface area contributed by atoms with Crippen LogP contribution in [0.1, 0.15) is 30.3 Å². The molecule has 0 aliphatic heterocycles. The van der Waals surface area contributed by atoms with Crippen molar-refractivity contribution in [3.05, 3.63) is 27.9 Å². The fraction of sp³-hybridized carbons (Fsp3) is 0.333. The van der Waals surface area contributed by atoms with E-state index in [4.69, 9.17) is 4.74 Å². The van der Waals surface area contributed by atoms with Gasteiger partial charge < -0.3 is 10.1 Å². The number of hydrogen-bond donors (Lipinski definition) is 2. The number of urea groups is 1. The molecule has 7 nitrogen and oxygen atoms in total. The normalized spacial score (nSPS) is 14.7. The summed E-state index contributed by atoms with van der Waals surface area (Å²) < 4.78 is 5.07. The van der Waals surface area contributed by atoms with Gasteiger partial charge in [-0.1, -0.05) is 0 Å². The number of rotatable bonds is 5. The summed E-state index contributed by atoms with van der Waals surface area (Å²) in [5, 5.41) is 10.9. The second-order valence-corrected chi connectivity index (χ2v) is 6.97. The number of nitrogens with one attached hydrogen (secondary N) is 2. The minimum atomic E-state index is -1.09. The lowest BCUT2D eigenvalue weighted by molar-refractivity contribution is -0.127. The molecule has 9 heteroatoms. The fourth-order valence-corrected chi connectivity index (χ4v) is 3.32. The van der Waals surface area contributed by atoms with Gasteiger partial charge in [0.15, 0.2) is 11.8 Å². The molecule has 0 spiro atoms. The smallest absolute Gasteiger partial charge is 0.358 e. The van der Waals surface area contributed by atoms with Crippen LogP contribution < -0.4 is 10.6 Å². The summed E-state index contributed by atoms with van der Waals surface area (Å²) in [7, 11) is 0. The molecule has 2 N–H and O–H groups in total. The van der Waals surface area contributed by atoms with Crippen molar-refractivity contribution < 1.29 is 19.1 Å². The van der Waals surface area contributed by atoms with Crippen LogP contribution in [0, 0.1) is 0 Å². The maximum Gasteiger partial charge on any atom is 0.358 e. The zero-order valence-electron chi connectivity index (χ0n) is 12.8. The van der Waals surface area contributed by atoms with E-state index in [1.54, 1.807) is 16.7 Å². The van der Waals surface area contributed by atoms with Crippen LogP contribution in [0.25, 0.3) is 10.6 Å². The molecule has 3 rings (SSSR count). The number of carbonyl (C=O) groups is 3. The molecule has 1 unspecified atom stereocenters. The average molecular weight is 365 g/mol. The molecule has 1 fully saturated rings. The molecule has 1 atom stereocenters. The number of carbonyl (C=O) groups excluding carboxylic acids is 3. The molecule has 2 aromatic heterocycles. The van der Waals surface area contributed by atoms with Crippen molar-refractivity contribution in [1.82, 2.24) is 15.6 Å². The molecule has 0 aromatic carbocycles. The number of amides is 3. The van der Waals surface area contributed by atoms with Crippen LogP contribution in [0.3, 0.4) is 0 Å². The Morgan fingerprint density at radius 1 is 1.33 bits per heavy atom. The van der Waals surface area contributed by atoms with Gasteiger partial charge in [0.1, 0.15) is 5.01 Å². The van der Waals surface area contributed by atoms with Gasteiger partial charge in [0, 0.05) is 22.4 Å². The molecule has 1 saturated carbocycles. The fourth-order valence-electron chi connectivity index (χ4n) is 1.82. The molecule has 0 radical (unpaired) electrons. The molecule has 1 aliphatic carbocycles. The van der Waals surface area contributed by atoms with Crippen molar-refractivity contribution in [3.8, 4) is 10.6 Å². The molecule has 1 aliphatic rings. The molecule has 126 valence electrons. The van der Waals surface area contributed by atoms with Crippen LogP contribution in [0.5, 0.6) is 0 Å². The molecule has 3 amide bonds. The molecular weight excluding hydrogens is 350 g/mol. The summed E-state index contributed by atoms with van der Waals surface area (Å²) in [5.74, 6) is -1.37. The van der Waals surface area contributed by atoms with E-state index in [9.17, 15) is 14.4 Å². The van der Waals surface area contributed by atoms with Gasteiger partial charge in [-0.05, 0) is 31.2 Å². The standard InChI is InChI=1S/C15H15N3O4S2/c1-8(12(19)18-15(21)16-10-2-3-10)22-14(20)11-7-24-13(17-11)9-4-5-23-6-9/h4-8,10H,2-3H2,1H3,(H2,16,18,19,21). The third kappa shape index (κ3) is 4.18. The lowest BCUT2D eigenvalue weighted by Gasteiger charge is -2.12. The van der Waals surface area contributed by atoms with E-state index in [-0.39, 0.29) is 11.7 Å². The Balaban J connectivity index is 1.53. The van der Waals surface area contributed by atoms with Crippen molar-refractivity contribution in [2.45, 2.75) is 31.9 Å². The summed E-state index contributed by atoms with van der Waals surface area (Å²) in [4.78, 5) is 39.6. The van der Waals surface area contributed by atoms with Crippen molar-refractivity contribution in [2.75, 3.05) is 0 Å². The molecule has 0 bridgehead atoms. The SMILES string of the molecule is CC(OC(=O)c1csc(-c2ccsc2)n1)C(=O)NC(=O)NC1CC1. The van der Waals surface area contributed by atoms with Crippen LogP contribution in [-0.4, -0.2) is 35.0 Å². The monoisotopic (exact) mass is 365 g/mol. The van der Waals surface area contributed by atoms with Gasteiger partial charge in [-0.2, -0.15) is 11.3 Å². The minimum absolute atomic E-state index is 0.140. The van der Waals surface area contributed by atoms with E-state index in [0.717, 1.165) is 18.4 Å². The predicted octanol–water partition coefficient (Wildman–Crippen LogP) is 2.41. The highest BCUT2D eigenvalue weighted by Gasteiger charge is 2.26. The zero-order chi connectivity index (χ0) is 17.1. The van der Waals surface area contributed by atoms with Gasteiger partial charge in [-0.25, -0.2) is 14.6 Å². The Labute approximate surface area is 146 Å².